The monoisotopic (exact) mass is 664 g/mol. The summed E-state index contributed by atoms with van der Waals surface area (Å²) in [6.45, 7) is 11.3. The normalized spacial score (nSPS) is 11.5. The number of hydrogen-bond acceptors (Lipinski definition) is 9. The Bertz CT molecular complexity index is 1820. The summed E-state index contributed by atoms with van der Waals surface area (Å²) in [7, 11) is 0. The third-order valence-electron chi connectivity index (χ3n) is 6.54. The Balaban J connectivity index is 1.84. The van der Waals surface area contributed by atoms with Crippen LogP contribution < -0.4 is 15.0 Å². The number of nitro groups is 1. The summed E-state index contributed by atoms with van der Waals surface area (Å²) in [6.07, 6.45) is 0.979. The summed E-state index contributed by atoms with van der Waals surface area (Å²) in [5.74, 6) is 0.409. The molecule has 0 fully saturated rings. The van der Waals surface area contributed by atoms with Crippen LogP contribution in [0, 0.1) is 17.0 Å². The molecule has 1 aromatic heterocycles. The molecule has 0 amide bonds. The fourth-order valence-electron chi connectivity index (χ4n) is 4.58. The van der Waals surface area contributed by atoms with Crippen molar-refractivity contribution in [1.29, 1.82) is 0 Å². The maximum atomic E-state index is 13.8. The Labute approximate surface area is 262 Å². The van der Waals surface area contributed by atoms with Crippen LogP contribution in [0.4, 0.5) is 5.69 Å². The molecule has 4 rings (SSSR count). The average Bonchev–Trinajstić information content (AvgIpc) is 2.95. The van der Waals surface area contributed by atoms with Gasteiger partial charge in [-0.15, -0.1) is 0 Å². The number of rotatable bonds is 11. The van der Waals surface area contributed by atoms with Crippen LogP contribution in [0.5, 0.6) is 11.5 Å². The predicted molar refractivity (Wildman–Crippen MR) is 172 cm³/mol. The molecule has 44 heavy (non-hydrogen) atoms. The van der Waals surface area contributed by atoms with E-state index in [1.165, 1.54) is 23.0 Å². The lowest BCUT2D eigenvalue weighted by molar-refractivity contribution is -0.385. The van der Waals surface area contributed by atoms with Gasteiger partial charge in [0.15, 0.2) is 12.4 Å². The van der Waals surface area contributed by atoms with E-state index in [0.29, 0.717) is 34.5 Å². The number of hydrogen-bond donors (Lipinski definition) is 0. The SMILES string of the molecule is CCOc1cc(C)c(-c2nc3ccccc3c(=O)n2N=Cc2cc(Br)c(OCC(=O)OC(C)C)c([N+](=O)[O-])c2)cc1C(C)C. The molecule has 1 heterocycles. The van der Waals surface area contributed by atoms with Crippen LogP contribution in [0.2, 0.25) is 0 Å². The van der Waals surface area contributed by atoms with Crippen LogP contribution in [0.1, 0.15) is 57.2 Å². The number of para-hydroxylation sites is 1. The van der Waals surface area contributed by atoms with Crippen LogP contribution in [-0.4, -0.2) is 46.1 Å². The fraction of sp³-hybridized carbons (Fsp3) is 0.312. The zero-order valence-electron chi connectivity index (χ0n) is 25.3. The van der Waals surface area contributed by atoms with E-state index >= 15 is 0 Å². The predicted octanol–water partition coefficient (Wildman–Crippen LogP) is 6.78. The number of carbonyl (C=O) groups excluding carboxylic acids is 1. The van der Waals surface area contributed by atoms with Gasteiger partial charge in [0.25, 0.3) is 5.56 Å². The number of nitro benzene ring substituents is 1. The summed E-state index contributed by atoms with van der Waals surface area (Å²) in [6, 6.07) is 13.7. The molecule has 0 radical (unpaired) electrons. The van der Waals surface area contributed by atoms with Gasteiger partial charge in [-0.3, -0.25) is 14.9 Å². The molecule has 3 aromatic carbocycles. The summed E-state index contributed by atoms with van der Waals surface area (Å²) >= 11 is 3.31. The van der Waals surface area contributed by atoms with Gasteiger partial charge in [0.1, 0.15) is 5.75 Å². The minimum Gasteiger partial charge on any atom is -0.494 e. The molecule has 0 atom stereocenters. The number of benzene rings is 3. The number of esters is 1. The fourth-order valence-corrected chi connectivity index (χ4v) is 5.16. The van der Waals surface area contributed by atoms with Gasteiger partial charge in [-0.2, -0.15) is 9.78 Å². The van der Waals surface area contributed by atoms with Gasteiger partial charge in [-0.25, -0.2) is 9.78 Å². The molecule has 4 aromatic rings. The molecule has 0 N–H and O–H groups in total. The zero-order valence-corrected chi connectivity index (χ0v) is 26.9. The van der Waals surface area contributed by atoms with Crippen molar-refractivity contribution in [3.8, 4) is 22.9 Å². The van der Waals surface area contributed by atoms with Crippen LogP contribution in [0.25, 0.3) is 22.3 Å². The van der Waals surface area contributed by atoms with Crippen molar-refractivity contribution in [1.82, 2.24) is 9.66 Å². The molecule has 0 aliphatic rings. The molecule has 0 spiro atoms. The first kappa shape index (κ1) is 32.3. The topological polar surface area (TPSA) is 135 Å². The van der Waals surface area contributed by atoms with E-state index in [-0.39, 0.29) is 22.2 Å². The number of carbonyl (C=O) groups is 1. The smallest absolute Gasteiger partial charge is 0.344 e. The molecule has 0 aliphatic carbocycles. The molecule has 11 nitrogen and oxygen atoms in total. The first-order valence-corrected chi connectivity index (χ1v) is 14.8. The molecule has 0 saturated heterocycles. The van der Waals surface area contributed by atoms with Crippen molar-refractivity contribution in [2.24, 2.45) is 5.10 Å². The van der Waals surface area contributed by atoms with Gasteiger partial charge >= 0.3 is 11.7 Å². The lowest BCUT2D eigenvalue weighted by Gasteiger charge is -2.18. The van der Waals surface area contributed by atoms with E-state index in [1.807, 2.05) is 26.0 Å². The van der Waals surface area contributed by atoms with Crippen molar-refractivity contribution in [3.63, 3.8) is 0 Å². The van der Waals surface area contributed by atoms with E-state index in [2.05, 4.69) is 34.9 Å². The van der Waals surface area contributed by atoms with Crippen LogP contribution in [-0.2, 0) is 9.53 Å². The van der Waals surface area contributed by atoms with Crippen molar-refractivity contribution in [2.45, 2.75) is 53.6 Å². The third kappa shape index (κ3) is 7.13. The van der Waals surface area contributed by atoms with Crippen LogP contribution >= 0.6 is 15.9 Å². The quantitative estimate of drug-likeness (QED) is 0.0741. The number of aromatic nitrogens is 2. The Morgan fingerprint density at radius 3 is 2.52 bits per heavy atom. The van der Waals surface area contributed by atoms with E-state index in [4.69, 9.17) is 19.2 Å². The largest absolute Gasteiger partial charge is 0.494 e. The average molecular weight is 666 g/mol. The molecular formula is C32H33BrN4O7. The molecule has 0 aliphatic heterocycles. The highest BCUT2D eigenvalue weighted by Crippen LogP contribution is 2.37. The highest BCUT2D eigenvalue weighted by molar-refractivity contribution is 9.10. The van der Waals surface area contributed by atoms with Crippen LogP contribution in [0.15, 0.2) is 62.9 Å². The summed E-state index contributed by atoms with van der Waals surface area (Å²) in [4.78, 5) is 41.8. The van der Waals surface area contributed by atoms with Gasteiger partial charge in [-0.1, -0.05) is 26.0 Å². The molecule has 0 saturated carbocycles. The van der Waals surface area contributed by atoms with Gasteiger partial charge in [0, 0.05) is 17.2 Å². The maximum absolute atomic E-state index is 13.8. The van der Waals surface area contributed by atoms with E-state index < -0.39 is 28.7 Å². The Hall–Kier alpha value is -4.58. The second-order valence-electron chi connectivity index (χ2n) is 10.5. The maximum Gasteiger partial charge on any atom is 0.344 e. The van der Waals surface area contributed by atoms with Crippen molar-refractivity contribution in [3.05, 3.63) is 90.2 Å². The number of fused-ring (bicyclic) bond motifs is 1. The summed E-state index contributed by atoms with van der Waals surface area (Å²) in [5.41, 5.74) is 2.50. The van der Waals surface area contributed by atoms with Crippen molar-refractivity contribution in [2.75, 3.05) is 13.2 Å². The zero-order chi connectivity index (χ0) is 32.1. The number of halogens is 1. The van der Waals surface area contributed by atoms with Gasteiger partial charge in [0.05, 0.1) is 39.2 Å². The van der Waals surface area contributed by atoms with Crippen molar-refractivity contribution < 1.29 is 23.9 Å². The Morgan fingerprint density at radius 2 is 1.86 bits per heavy atom. The van der Waals surface area contributed by atoms with E-state index in [9.17, 15) is 19.7 Å². The number of aryl methyl sites for hydroxylation is 1. The third-order valence-corrected chi connectivity index (χ3v) is 7.13. The van der Waals surface area contributed by atoms with E-state index in [1.54, 1.807) is 38.1 Å². The van der Waals surface area contributed by atoms with Gasteiger partial charge in [-0.05, 0) is 91.0 Å². The summed E-state index contributed by atoms with van der Waals surface area (Å²) < 4.78 is 17.8. The second kappa shape index (κ2) is 13.8. The number of nitrogens with zero attached hydrogens (tertiary/aromatic N) is 4. The lowest BCUT2D eigenvalue weighted by atomic mass is 9.96. The second-order valence-corrected chi connectivity index (χ2v) is 11.4. The lowest BCUT2D eigenvalue weighted by Crippen LogP contribution is -2.21. The summed E-state index contributed by atoms with van der Waals surface area (Å²) in [5, 5.41) is 16.8. The molecule has 0 bridgehead atoms. The highest BCUT2D eigenvalue weighted by Gasteiger charge is 2.22. The first-order valence-electron chi connectivity index (χ1n) is 14.0. The highest BCUT2D eigenvalue weighted by atomic mass is 79.9. The standard InChI is InChI=1S/C32H33BrN4O7/c1-7-42-28-12-20(6)24(15-23(28)18(2)3)31-35-26-11-9-8-10-22(26)32(39)36(31)34-16-21-13-25(33)30(27(14-21)37(40)41)43-17-29(38)44-19(4)5/h8-16,18-19H,7,17H2,1-6H3. The molecule has 12 heteroatoms. The van der Waals surface area contributed by atoms with Gasteiger partial charge < -0.3 is 14.2 Å². The van der Waals surface area contributed by atoms with Crippen molar-refractivity contribution >= 4 is 44.7 Å². The molecule has 0 unspecified atom stereocenters. The minimum atomic E-state index is -0.659. The minimum absolute atomic E-state index is 0.130. The first-order chi connectivity index (χ1) is 20.9. The van der Waals surface area contributed by atoms with Crippen LogP contribution in [0.3, 0.4) is 0 Å². The number of ether oxygens (including phenoxy) is 3. The van der Waals surface area contributed by atoms with Gasteiger partial charge in [0.2, 0.25) is 5.75 Å². The molecular weight excluding hydrogens is 632 g/mol. The van der Waals surface area contributed by atoms with E-state index in [0.717, 1.165) is 16.9 Å². The Kier molecular flexibility index (Phi) is 10.1. The Morgan fingerprint density at radius 1 is 1.14 bits per heavy atom. The molecule has 230 valence electrons.